The molecule has 0 saturated carbocycles. The van der Waals surface area contributed by atoms with Crippen molar-refractivity contribution in [2.45, 2.75) is 38.5 Å². The van der Waals surface area contributed by atoms with Crippen molar-refractivity contribution < 1.29 is 32.9 Å². The van der Waals surface area contributed by atoms with E-state index in [1.54, 1.807) is 12.1 Å². The number of halogens is 3. The Bertz CT molecular complexity index is 1120. The quantitative estimate of drug-likeness (QED) is 0.453. The highest BCUT2D eigenvalue weighted by atomic mass is 19.4. The Balaban J connectivity index is 1.51. The molecule has 1 atom stereocenters. The minimum atomic E-state index is -4.64. The van der Waals surface area contributed by atoms with Crippen LogP contribution in [0.2, 0.25) is 0 Å². The molecular weight excluding hydrogens is 453 g/mol. The number of nitrogens with one attached hydrogen (secondary N) is 1. The molecule has 1 aliphatic rings. The van der Waals surface area contributed by atoms with Crippen LogP contribution in [0.4, 0.5) is 19.1 Å². The second-order valence-corrected chi connectivity index (χ2v) is 7.84. The third-order valence-electron chi connectivity index (χ3n) is 5.28. The number of ether oxygens (including phenoxy) is 2. The van der Waals surface area contributed by atoms with Crippen molar-refractivity contribution in [3.63, 3.8) is 0 Å². The van der Waals surface area contributed by atoms with Crippen LogP contribution in [0.5, 0.6) is 5.88 Å². The van der Waals surface area contributed by atoms with E-state index in [0.29, 0.717) is 23.1 Å². The fraction of sp³-hybridized carbons (Fsp3) is 0.348. The Morgan fingerprint density at radius 2 is 1.85 bits per heavy atom. The molecule has 1 aromatic carbocycles. The first-order valence-corrected chi connectivity index (χ1v) is 10.5. The van der Waals surface area contributed by atoms with Crippen molar-refractivity contribution in [1.29, 1.82) is 0 Å². The van der Waals surface area contributed by atoms with E-state index in [1.807, 2.05) is 31.2 Å². The number of nitrogens with zero attached hydrogens (tertiary/aromatic N) is 3. The van der Waals surface area contributed by atoms with Crippen LogP contribution >= 0.6 is 0 Å². The Labute approximate surface area is 193 Å². The van der Waals surface area contributed by atoms with Gasteiger partial charge >= 0.3 is 6.18 Å². The summed E-state index contributed by atoms with van der Waals surface area (Å²) < 4.78 is 50.2. The number of aliphatic hydroxyl groups is 2. The lowest BCUT2D eigenvalue weighted by molar-refractivity contribution is -0.142. The summed E-state index contributed by atoms with van der Waals surface area (Å²) in [6, 6.07) is 10.4. The number of alkyl halides is 3. The average molecular weight is 476 g/mol. The maximum absolute atomic E-state index is 13.3. The number of hydrogen-bond acceptors (Lipinski definition) is 8. The minimum absolute atomic E-state index is 0.00437. The summed E-state index contributed by atoms with van der Waals surface area (Å²) in [5.41, 5.74) is 2.27. The van der Waals surface area contributed by atoms with E-state index in [1.165, 1.54) is 0 Å². The summed E-state index contributed by atoms with van der Waals surface area (Å²) in [5.74, 6) is -0.528. The normalized spacial score (nSPS) is 15.0. The molecule has 3 heterocycles. The predicted octanol–water partition coefficient (Wildman–Crippen LogP) is 3.49. The van der Waals surface area contributed by atoms with E-state index in [0.717, 1.165) is 11.1 Å². The zero-order chi connectivity index (χ0) is 24.3. The van der Waals surface area contributed by atoms with Gasteiger partial charge in [-0.3, -0.25) is 4.98 Å². The number of anilines is 1. The second kappa shape index (κ2) is 9.92. The number of benzene rings is 1. The van der Waals surface area contributed by atoms with Crippen LogP contribution < -0.4 is 10.1 Å². The van der Waals surface area contributed by atoms with Gasteiger partial charge in [-0.25, -0.2) is 4.98 Å². The highest BCUT2D eigenvalue weighted by molar-refractivity contribution is 5.61. The van der Waals surface area contributed by atoms with Crippen LogP contribution in [-0.4, -0.2) is 44.5 Å². The maximum Gasteiger partial charge on any atom is 0.423 e. The molecule has 3 aromatic rings. The van der Waals surface area contributed by atoms with Gasteiger partial charge in [-0.2, -0.15) is 18.2 Å². The van der Waals surface area contributed by atoms with E-state index >= 15 is 0 Å². The maximum atomic E-state index is 13.3. The third kappa shape index (κ3) is 5.44. The summed E-state index contributed by atoms with van der Waals surface area (Å²) in [6.07, 6.45) is -4.41. The number of rotatable bonds is 8. The molecule has 2 aromatic heterocycles. The Morgan fingerprint density at radius 3 is 2.44 bits per heavy atom. The number of hydrogen-bond donors (Lipinski definition) is 3. The van der Waals surface area contributed by atoms with Gasteiger partial charge in [-0.15, -0.1) is 0 Å². The van der Waals surface area contributed by atoms with Gasteiger partial charge in [-0.05, 0) is 30.2 Å². The van der Waals surface area contributed by atoms with Crippen molar-refractivity contribution in [2.24, 2.45) is 0 Å². The van der Waals surface area contributed by atoms with Crippen LogP contribution in [0.15, 0.2) is 42.6 Å². The van der Waals surface area contributed by atoms with Crippen LogP contribution in [0.25, 0.3) is 11.3 Å². The molecule has 4 rings (SSSR count). The largest absolute Gasteiger partial charge is 0.469 e. The predicted molar refractivity (Wildman–Crippen MR) is 116 cm³/mol. The topological polar surface area (TPSA) is 110 Å². The van der Waals surface area contributed by atoms with Crippen molar-refractivity contribution in [1.82, 2.24) is 15.0 Å². The van der Waals surface area contributed by atoms with Gasteiger partial charge in [0.05, 0.1) is 43.9 Å². The van der Waals surface area contributed by atoms with Crippen LogP contribution in [-0.2, 0) is 24.1 Å². The Hall–Kier alpha value is -3.28. The van der Waals surface area contributed by atoms with Crippen molar-refractivity contribution >= 4 is 5.95 Å². The number of aromatic nitrogens is 3. The Kier molecular flexibility index (Phi) is 6.96. The van der Waals surface area contributed by atoms with Gasteiger partial charge in [0.15, 0.2) is 0 Å². The van der Waals surface area contributed by atoms with Gasteiger partial charge in [0.25, 0.3) is 0 Å². The number of aliphatic hydroxyl groups excluding tert-OH is 2. The lowest BCUT2D eigenvalue weighted by Gasteiger charge is -2.27. The van der Waals surface area contributed by atoms with Gasteiger partial charge in [0.2, 0.25) is 11.8 Å². The zero-order valence-electron chi connectivity index (χ0n) is 18.2. The molecule has 0 amide bonds. The summed E-state index contributed by atoms with van der Waals surface area (Å²) in [4.78, 5) is 12.1. The monoisotopic (exact) mass is 476 g/mol. The van der Waals surface area contributed by atoms with Crippen LogP contribution in [0.3, 0.4) is 0 Å². The molecule has 1 aliphatic heterocycles. The van der Waals surface area contributed by atoms with Gasteiger partial charge < -0.3 is 25.0 Å². The smallest absolute Gasteiger partial charge is 0.423 e. The minimum Gasteiger partial charge on any atom is -0.469 e. The van der Waals surface area contributed by atoms with Crippen LogP contribution in [0, 0.1) is 0 Å². The average Bonchev–Trinajstić information content (AvgIpc) is 2.80. The molecule has 1 saturated heterocycles. The highest BCUT2D eigenvalue weighted by Gasteiger charge is 2.37. The summed E-state index contributed by atoms with van der Waals surface area (Å²) in [5, 5.41) is 21.8. The fourth-order valence-corrected chi connectivity index (χ4v) is 3.35. The van der Waals surface area contributed by atoms with E-state index in [-0.39, 0.29) is 38.4 Å². The molecule has 11 heteroatoms. The molecule has 0 radical (unpaired) electrons. The molecular formula is C23H23F3N4O4. The Morgan fingerprint density at radius 1 is 1.12 bits per heavy atom. The first kappa shape index (κ1) is 23.9. The molecule has 0 spiro atoms. The van der Waals surface area contributed by atoms with E-state index in [4.69, 9.17) is 9.47 Å². The third-order valence-corrected chi connectivity index (χ3v) is 5.28. The fourth-order valence-electron chi connectivity index (χ4n) is 3.35. The molecule has 8 nitrogen and oxygen atoms in total. The van der Waals surface area contributed by atoms with E-state index < -0.39 is 23.7 Å². The highest BCUT2D eigenvalue weighted by Crippen LogP contribution is 2.36. The lowest BCUT2D eigenvalue weighted by Crippen LogP contribution is -2.39. The summed E-state index contributed by atoms with van der Waals surface area (Å²) >= 11 is 0. The first-order chi connectivity index (χ1) is 16.3. The number of pyridine rings is 1. The molecule has 3 N–H and O–H groups in total. The summed E-state index contributed by atoms with van der Waals surface area (Å²) in [7, 11) is 0. The molecule has 0 unspecified atom stereocenters. The zero-order valence-corrected chi connectivity index (χ0v) is 18.2. The van der Waals surface area contributed by atoms with Gasteiger partial charge in [0, 0.05) is 11.8 Å². The van der Waals surface area contributed by atoms with Crippen molar-refractivity contribution in [2.75, 3.05) is 18.5 Å². The van der Waals surface area contributed by atoms with E-state index in [9.17, 15) is 23.4 Å². The molecule has 180 valence electrons. The van der Waals surface area contributed by atoms with Gasteiger partial charge in [0.1, 0.15) is 11.7 Å². The molecule has 1 fully saturated rings. The lowest BCUT2D eigenvalue weighted by atomic mass is 10.0. The second-order valence-electron chi connectivity index (χ2n) is 7.84. The summed E-state index contributed by atoms with van der Waals surface area (Å²) in [6.45, 7) is 1.83. The molecule has 0 aliphatic carbocycles. The first-order valence-electron chi connectivity index (χ1n) is 10.5. The van der Waals surface area contributed by atoms with E-state index in [2.05, 4.69) is 20.3 Å². The standard InChI is InChI=1S/C23H23F3N4O4/c1-13(15-2-4-16(5-3-15)20-7-14(9-31)6-17(10-32)29-20)28-22-27-8-19(23(24,25)26)21(30-22)34-18-11-33-12-18/h2-8,13,18,31-32H,9-12H2,1H3,(H,27,28,30)/t13-/m1/s1. The molecule has 0 bridgehead atoms. The van der Waals surface area contributed by atoms with Gasteiger partial charge in [-0.1, -0.05) is 24.3 Å². The molecule has 34 heavy (non-hydrogen) atoms. The SMILES string of the molecule is C[C@@H](Nc1ncc(C(F)(F)F)c(OC2COC2)n1)c1ccc(-c2cc(CO)cc(CO)n2)cc1. The van der Waals surface area contributed by atoms with Crippen LogP contribution in [0.1, 0.15) is 35.3 Å². The van der Waals surface area contributed by atoms with Crippen molar-refractivity contribution in [3.05, 3.63) is 65.0 Å². The van der Waals surface area contributed by atoms with Crippen molar-refractivity contribution in [3.8, 4) is 17.1 Å².